The van der Waals surface area contributed by atoms with Gasteiger partial charge in [0.05, 0.1) is 24.7 Å². The van der Waals surface area contributed by atoms with E-state index in [1.165, 1.54) is 17.5 Å². The number of nitrogens with one attached hydrogen (secondary N) is 1. The van der Waals surface area contributed by atoms with E-state index in [0.29, 0.717) is 5.13 Å². The molecule has 1 aromatic carbocycles. The topological polar surface area (TPSA) is 77.0 Å². The molecule has 24 heavy (non-hydrogen) atoms. The fourth-order valence-corrected chi connectivity index (χ4v) is 2.97. The van der Waals surface area contributed by atoms with Gasteiger partial charge in [0.2, 0.25) is 0 Å². The van der Waals surface area contributed by atoms with Crippen molar-refractivity contribution in [1.82, 2.24) is 15.0 Å². The van der Waals surface area contributed by atoms with Crippen LogP contribution in [0.4, 0.5) is 5.13 Å². The Morgan fingerprint density at radius 2 is 1.88 bits per heavy atom. The van der Waals surface area contributed by atoms with Crippen molar-refractivity contribution in [1.29, 1.82) is 0 Å². The number of carbonyl (C=O) groups excluding carboxylic acids is 1. The number of amides is 1. The van der Waals surface area contributed by atoms with Crippen LogP contribution in [0.25, 0.3) is 11.3 Å². The van der Waals surface area contributed by atoms with Gasteiger partial charge in [-0.15, -0.1) is 11.3 Å². The lowest BCUT2D eigenvalue weighted by atomic mass is 10.1. The van der Waals surface area contributed by atoms with E-state index in [-0.39, 0.29) is 11.6 Å². The molecule has 2 heterocycles. The molecule has 1 N–H and O–H groups in total. The molecule has 0 fully saturated rings. The van der Waals surface area contributed by atoms with Gasteiger partial charge in [0, 0.05) is 16.6 Å². The van der Waals surface area contributed by atoms with E-state index < -0.39 is 0 Å². The maximum absolute atomic E-state index is 12.2. The van der Waals surface area contributed by atoms with Crippen molar-refractivity contribution in [2.45, 2.75) is 13.8 Å². The van der Waals surface area contributed by atoms with E-state index in [2.05, 4.69) is 20.3 Å². The SMILES string of the molecule is COc1ccc(-c2nc(NC(=O)c3cnc(C)cn3)sc2C)cc1. The van der Waals surface area contributed by atoms with Gasteiger partial charge in [0.1, 0.15) is 11.4 Å². The number of thiazole rings is 1. The van der Waals surface area contributed by atoms with Gasteiger partial charge in [-0.3, -0.25) is 15.1 Å². The van der Waals surface area contributed by atoms with Gasteiger partial charge < -0.3 is 4.74 Å². The van der Waals surface area contributed by atoms with Crippen molar-refractivity contribution >= 4 is 22.4 Å². The van der Waals surface area contributed by atoms with Crippen LogP contribution in [0.2, 0.25) is 0 Å². The highest BCUT2D eigenvalue weighted by Gasteiger charge is 2.14. The fraction of sp³-hybridized carbons (Fsp3) is 0.176. The van der Waals surface area contributed by atoms with E-state index in [1.54, 1.807) is 13.3 Å². The second-order valence-electron chi connectivity index (χ2n) is 5.15. The summed E-state index contributed by atoms with van der Waals surface area (Å²) in [4.78, 5) is 25.9. The summed E-state index contributed by atoms with van der Waals surface area (Å²) >= 11 is 1.42. The van der Waals surface area contributed by atoms with Gasteiger partial charge in [0.15, 0.2) is 5.13 Å². The van der Waals surface area contributed by atoms with E-state index >= 15 is 0 Å². The summed E-state index contributed by atoms with van der Waals surface area (Å²) in [7, 11) is 1.63. The molecule has 3 aromatic rings. The number of hydrogen-bond donors (Lipinski definition) is 1. The first-order chi connectivity index (χ1) is 11.6. The van der Waals surface area contributed by atoms with E-state index in [0.717, 1.165) is 27.6 Å². The molecule has 0 aliphatic rings. The Hall–Kier alpha value is -2.80. The third-order valence-electron chi connectivity index (χ3n) is 3.39. The minimum absolute atomic E-state index is 0.263. The third kappa shape index (κ3) is 3.41. The number of ether oxygens (including phenoxy) is 1. The summed E-state index contributed by atoms with van der Waals surface area (Å²) in [5, 5.41) is 3.31. The summed E-state index contributed by atoms with van der Waals surface area (Å²) in [6.45, 7) is 3.79. The van der Waals surface area contributed by atoms with Gasteiger partial charge in [-0.2, -0.15) is 0 Å². The highest BCUT2D eigenvalue weighted by Crippen LogP contribution is 2.31. The zero-order chi connectivity index (χ0) is 17.1. The molecule has 0 atom stereocenters. The molecule has 1 amide bonds. The quantitative estimate of drug-likeness (QED) is 0.787. The Morgan fingerprint density at radius 1 is 1.12 bits per heavy atom. The fourth-order valence-electron chi connectivity index (χ4n) is 2.14. The number of aromatic nitrogens is 3. The summed E-state index contributed by atoms with van der Waals surface area (Å²) in [6.07, 6.45) is 3.01. The summed E-state index contributed by atoms with van der Waals surface area (Å²) in [5.74, 6) is 0.468. The molecule has 7 heteroatoms. The van der Waals surface area contributed by atoms with E-state index in [4.69, 9.17) is 4.74 Å². The van der Waals surface area contributed by atoms with Gasteiger partial charge in [-0.25, -0.2) is 9.97 Å². The monoisotopic (exact) mass is 340 g/mol. The van der Waals surface area contributed by atoms with Crippen molar-refractivity contribution < 1.29 is 9.53 Å². The van der Waals surface area contributed by atoms with Crippen LogP contribution in [0.1, 0.15) is 21.1 Å². The van der Waals surface area contributed by atoms with E-state index in [1.807, 2.05) is 38.1 Å². The van der Waals surface area contributed by atoms with Crippen LogP contribution in [0, 0.1) is 13.8 Å². The molecule has 2 aromatic heterocycles. The van der Waals surface area contributed by atoms with Crippen molar-refractivity contribution in [3.05, 3.63) is 52.9 Å². The van der Waals surface area contributed by atoms with Crippen molar-refractivity contribution in [3.63, 3.8) is 0 Å². The first-order valence-electron chi connectivity index (χ1n) is 7.28. The number of carbonyl (C=O) groups is 1. The zero-order valence-electron chi connectivity index (χ0n) is 13.5. The van der Waals surface area contributed by atoms with Gasteiger partial charge in [0.25, 0.3) is 5.91 Å². The highest BCUT2D eigenvalue weighted by atomic mass is 32.1. The number of rotatable bonds is 4. The maximum atomic E-state index is 12.2. The predicted molar refractivity (Wildman–Crippen MR) is 93.6 cm³/mol. The minimum Gasteiger partial charge on any atom is -0.497 e. The number of anilines is 1. The molecule has 122 valence electrons. The number of benzene rings is 1. The molecule has 3 rings (SSSR count). The molecule has 0 aliphatic carbocycles. The lowest BCUT2D eigenvalue weighted by Crippen LogP contribution is -2.13. The second kappa shape index (κ2) is 6.76. The molecule has 0 aliphatic heterocycles. The molecule has 0 spiro atoms. The Balaban J connectivity index is 1.80. The average molecular weight is 340 g/mol. The number of nitrogens with zero attached hydrogens (tertiary/aromatic N) is 3. The molecule has 0 bridgehead atoms. The largest absolute Gasteiger partial charge is 0.497 e. The lowest BCUT2D eigenvalue weighted by Gasteiger charge is -2.02. The minimum atomic E-state index is -0.322. The number of hydrogen-bond acceptors (Lipinski definition) is 6. The second-order valence-corrected chi connectivity index (χ2v) is 6.35. The number of aryl methyl sites for hydroxylation is 2. The maximum Gasteiger partial charge on any atom is 0.277 e. The first-order valence-corrected chi connectivity index (χ1v) is 8.10. The molecule has 0 radical (unpaired) electrons. The molecular weight excluding hydrogens is 324 g/mol. The van der Waals surface area contributed by atoms with Crippen LogP contribution >= 0.6 is 11.3 Å². The third-order valence-corrected chi connectivity index (χ3v) is 4.28. The van der Waals surface area contributed by atoms with Crippen LogP contribution < -0.4 is 10.1 Å². The van der Waals surface area contributed by atoms with Crippen LogP contribution in [0.15, 0.2) is 36.7 Å². The molecule has 0 saturated carbocycles. The highest BCUT2D eigenvalue weighted by molar-refractivity contribution is 7.16. The standard InChI is InChI=1S/C17H16N4O2S/c1-10-8-19-14(9-18-10)16(22)21-17-20-15(11(2)24-17)12-4-6-13(23-3)7-5-12/h4-9H,1-3H3,(H,20,21,22). The smallest absolute Gasteiger partial charge is 0.277 e. The molecule has 0 saturated heterocycles. The summed E-state index contributed by atoms with van der Waals surface area (Å²) in [5.41, 5.74) is 2.84. The average Bonchev–Trinajstić information content (AvgIpc) is 2.95. The van der Waals surface area contributed by atoms with Gasteiger partial charge in [-0.05, 0) is 38.1 Å². The lowest BCUT2D eigenvalue weighted by molar-refractivity contribution is 0.102. The van der Waals surface area contributed by atoms with Gasteiger partial charge >= 0.3 is 0 Å². The Kier molecular flexibility index (Phi) is 4.52. The van der Waals surface area contributed by atoms with Crippen LogP contribution in [-0.2, 0) is 0 Å². The summed E-state index contributed by atoms with van der Waals surface area (Å²) in [6, 6.07) is 7.65. The normalized spacial score (nSPS) is 10.5. The van der Waals surface area contributed by atoms with Crippen molar-refractivity contribution in [2.24, 2.45) is 0 Å². The van der Waals surface area contributed by atoms with Crippen molar-refractivity contribution in [3.8, 4) is 17.0 Å². The Labute approximate surface area is 143 Å². The van der Waals surface area contributed by atoms with Crippen molar-refractivity contribution in [2.75, 3.05) is 12.4 Å². The Morgan fingerprint density at radius 3 is 2.50 bits per heavy atom. The van der Waals surface area contributed by atoms with Crippen LogP contribution in [0.5, 0.6) is 5.75 Å². The number of methoxy groups -OCH3 is 1. The first kappa shape index (κ1) is 16.1. The molecular formula is C17H16N4O2S. The van der Waals surface area contributed by atoms with Crippen LogP contribution in [-0.4, -0.2) is 28.0 Å². The molecule has 0 unspecified atom stereocenters. The Bertz CT molecular complexity index is 857. The van der Waals surface area contributed by atoms with Gasteiger partial charge in [-0.1, -0.05) is 0 Å². The predicted octanol–water partition coefficient (Wildman–Crippen LogP) is 3.48. The molecule has 6 nitrogen and oxygen atoms in total. The zero-order valence-corrected chi connectivity index (χ0v) is 14.3. The van der Waals surface area contributed by atoms with Crippen LogP contribution in [0.3, 0.4) is 0 Å². The summed E-state index contributed by atoms with van der Waals surface area (Å²) < 4.78 is 5.16. The van der Waals surface area contributed by atoms with E-state index in [9.17, 15) is 4.79 Å².